The summed E-state index contributed by atoms with van der Waals surface area (Å²) >= 11 is 0. The zero-order chi connectivity index (χ0) is 17.3. The zero-order valence-electron chi connectivity index (χ0n) is 15.0. The summed E-state index contributed by atoms with van der Waals surface area (Å²) < 4.78 is 15.2. The number of allylic oxidation sites excluding steroid dienone is 1. The quantitative estimate of drug-likeness (QED) is 0.699. The summed E-state index contributed by atoms with van der Waals surface area (Å²) in [4.78, 5) is 0. The molecule has 4 rings (SSSR count). The Balaban J connectivity index is 1.81. The van der Waals surface area contributed by atoms with Gasteiger partial charge >= 0.3 is 0 Å². The number of aliphatic hydroxyl groups is 2. The Kier molecular flexibility index (Phi) is 3.78. The molecular weight excluding hydrogens is 303 g/mol. The van der Waals surface area contributed by atoms with Gasteiger partial charge in [-0.05, 0) is 79.6 Å². The second-order valence-corrected chi connectivity index (χ2v) is 9.22. The number of aliphatic hydroxyl groups excluding tert-OH is 2. The highest BCUT2D eigenvalue weighted by molar-refractivity contribution is 5.32. The Morgan fingerprint density at radius 3 is 2.58 bits per heavy atom. The van der Waals surface area contributed by atoms with Crippen LogP contribution in [0.5, 0.6) is 0 Å². The van der Waals surface area contributed by atoms with Gasteiger partial charge in [0.25, 0.3) is 0 Å². The molecule has 2 nitrogen and oxygen atoms in total. The maximum atomic E-state index is 15.2. The van der Waals surface area contributed by atoms with Crippen LogP contribution in [0.4, 0.5) is 4.39 Å². The molecule has 0 saturated heterocycles. The van der Waals surface area contributed by atoms with E-state index in [-0.39, 0.29) is 23.1 Å². The van der Waals surface area contributed by atoms with Crippen molar-refractivity contribution in [2.45, 2.75) is 71.0 Å². The van der Waals surface area contributed by atoms with E-state index in [9.17, 15) is 10.2 Å². The summed E-state index contributed by atoms with van der Waals surface area (Å²) in [5.41, 5.74) is 0.356. The molecule has 0 aromatic heterocycles. The maximum Gasteiger partial charge on any atom is 0.129 e. The molecule has 0 heterocycles. The van der Waals surface area contributed by atoms with E-state index in [1.54, 1.807) is 0 Å². The van der Waals surface area contributed by atoms with Crippen LogP contribution in [0.25, 0.3) is 0 Å². The van der Waals surface area contributed by atoms with E-state index in [0.717, 1.165) is 44.1 Å². The van der Waals surface area contributed by atoms with E-state index >= 15 is 4.39 Å². The Morgan fingerprint density at radius 1 is 1.12 bits per heavy atom. The average Bonchev–Trinajstić information content (AvgIpc) is 2.90. The number of halogens is 1. The lowest BCUT2D eigenvalue weighted by Gasteiger charge is -2.60. The third-order valence-electron chi connectivity index (χ3n) is 8.62. The van der Waals surface area contributed by atoms with Crippen molar-refractivity contribution >= 4 is 0 Å². The summed E-state index contributed by atoms with van der Waals surface area (Å²) in [5.74, 6) is 0.610. The van der Waals surface area contributed by atoms with Crippen LogP contribution in [-0.4, -0.2) is 22.4 Å². The molecule has 3 saturated carbocycles. The minimum absolute atomic E-state index is 0.0600. The normalized spacial score (nSPS) is 54.0. The third-order valence-corrected chi connectivity index (χ3v) is 8.62. The average molecular weight is 334 g/mol. The molecule has 0 radical (unpaired) electrons. The van der Waals surface area contributed by atoms with Crippen LogP contribution in [0.1, 0.15) is 58.8 Å². The molecule has 0 amide bonds. The van der Waals surface area contributed by atoms with E-state index in [1.807, 2.05) is 0 Å². The van der Waals surface area contributed by atoms with Crippen LogP contribution in [0, 0.1) is 34.5 Å². The lowest BCUT2D eigenvalue weighted by Crippen LogP contribution is -2.58. The summed E-state index contributed by atoms with van der Waals surface area (Å²) in [5, 5.41) is 21.7. The van der Waals surface area contributed by atoms with Crippen molar-refractivity contribution in [2.75, 3.05) is 0 Å². The van der Waals surface area contributed by atoms with Gasteiger partial charge in [-0.25, -0.2) is 4.39 Å². The minimum atomic E-state index is -0.975. The monoisotopic (exact) mass is 334 g/mol. The van der Waals surface area contributed by atoms with Gasteiger partial charge in [-0.2, -0.15) is 0 Å². The predicted octanol–water partition coefficient (Wildman–Crippen LogP) is 4.38. The highest BCUT2D eigenvalue weighted by atomic mass is 19.1. The lowest BCUT2D eigenvalue weighted by molar-refractivity contribution is -0.127. The summed E-state index contributed by atoms with van der Waals surface area (Å²) in [6.45, 7) is 8.41. The number of hydrogen-bond donors (Lipinski definition) is 2. The molecule has 2 N–H and O–H groups in total. The standard InChI is InChI=1S/C21H31FO2/c1-4-12-8-9-13-17-14(10-11-20(12,13)2)21(3)15(18(22)19(17)24)6-5-7-16(21)23/h4,12-14,16-17,19,23-24H,1,5-11H2,2-3H3/t12?,13-,14+,16?,17-,19?,20+,21+/m0/s1. The molecule has 4 aliphatic rings. The fraction of sp³-hybridized carbons (Fsp3) is 0.810. The minimum Gasteiger partial charge on any atom is -0.392 e. The fourth-order valence-corrected chi connectivity index (χ4v) is 7.20. The van der Waals surface area contributed by atoms with Gasteiger partial charge in [0.1, 0.15) is 11.9 Å². The summed E-state index contributed by atoms with van der Waals surface area (Å²) in [7, 11) is 0. The second kappa shape index (κ2) is 5.41. The Morgan fingerprint density at radius 2 is 1.88 bits per heavy atom. The van der Waals surface area contributed by atoms with Crippen molar-refractivity contribution in [2.24, 2.45) is 34.5 Å². The van der Waals surface area contributed by atoms with Crippen molar-refractivity contribution in [1.82, 2.24) is 0 Å². The van der Waals surface area contributed by atoms with Gasteiger partial charge in [-0.1, -0.05) is 19.9 Å². The van der Waals surface area contributed by atoms with Crippen LogP contribution in [0.3, 0.4) is 0 Å². The molecule has 134 valence electrons. The van der Waals surface area contributed by atoms with Gasteiger partial charge in [-0.15, -0.1) is 6.58 Å². The highest BCUT2D eigenvalue weighted by Gasteiger charge is 2.63. The van der Waals surface area contributed by atoms with E-state index in [0.29, 0.717) is 18.3 Å². The molecule has 3 heteroatoms. The molecule has 3 unspecified atom stereocenters. The molecule has 3 fully saturated rings. The van der Waals surface area contributed by atoms with E-state index in [4.69, 9.17) is 0 Å². The molecule has 0 aliphatic heterocycles. The van der Waals surface area contributed by atoms with Crippen molar-refractivity contribution in [3.8, 4) is 0 Å². The summed E-state index contributed by atoms with van der Waals surface area (Å²) in [6, 6.07) is 0. The molecular formula is C21H31FO2. The van der Waals surface area contributed by atoms with Crippen molar-refractivity contribution < 1.29 is 14.6 Å². The molecule has 0 aromatic carbocycles. The number of hydrogen-bond acceptors (Lipinski definition) is 2. The van der Waals surface area contributed by atoms with E-state index in [1.165, 1.54) is 0 Å². The van der Waals surface area contributed by atoms with Crippen molar-refractivity contribution in [3.05, 3.63) is 24.1 Å². The smallest absolute Gasteiger partial charge is 0.129 e. The van der Waals surface area contributed by atoms with E-state index < -0.39 is 17.6 Å². The molecule has 8 atom stereocenters. The largest absolute Gasteiger partial charge is 0.392 e. The van der Waals surface area contributed by atoms with Crippen LogP contribution in [0.2, 0.25) is 0 Å². The Bertz CT molecular complexity index is 584. The SMILES string of the molecule is C=CC1CC[C@H]2[C@@H]3C(O)C(F)=C4CCCC(O)[C@]4(C)[C@@H]3CC[C@]12C. The van der Waals surface area contributed by atoms with Crippen molar-refractivity contribution in [1.29, 1.82) is 0 Å². The molecule has 24 heavy (non-hydrogen) atoms. The first-order chi connectivity index (χ1) is 11.4. The van der Waals surface area contributed by atoms with Crippen LogP contribution >= 0.6 is 0 Å². The van der Waals surface area contributed by atoms with E-state index in [2.05, 4.69) is 26.5 Å². The van der Waals surface area contributed by atoms with Gasteiger partial charge < -0.3 is 10.2 Å². The number of fused-ring (bicyclic) bond motifs is 5. The zero-order valence-corrected chi connectivity index (χ0v) is 15.0. The topological polar surface area (TPSA) is 40.5 Å². The van der Waals surface area contributed by atoms with Crippen LogP contribution < -0.4 is 0 Å². The van der Waals surface area contributed by atoms with Gasteiger partial charge in [0.15, 0.2) is 0 Å². The fourth-order valence-electron chi connectivity index (χ4n) is 7.20. The third kappa shape index (κ3) is 1.89. The molecule has 0 aromatic rings. The predicted molar refractivity (Wildman–Crippen MR) is 92.8 cm³/mol. The second-order valence-electron chi connectivity index (χ2n) is 9.22. The van der Waals surface area contributed by atoms with Crippen molar-refractivity contribution in [3.63, 3.8) is 0 Å². The molecule has 0 spiro atoms. The summed E-state index contributed by atoms with van der Waals surface area (Å²) in [6.07, 6.45) is 7.10. The lowest BCUT2D eigenvalue weighted by atomic mass is 9.46. The Labute approximate surface area is 144 Å². The van der Waals surface area contributed by atoms with Gasteiger partial charge in [-0.3, -0.25) is 0 Å². The first-order valence-electron chi connectivity index (χ1n) is 9.73. The van der Waals surface area contributed by atoms with Crippen LogP contribution in [0.15, 0.2) is 24.1 Å². The molecule has 0 bridgehead atoms. The van der Waals surface area contributed by atoms with Gasteiger partial charge in [0.05, 0.1) is 6.10 Å². The molecule has 4 aliphatic carbocycles. The highest BCUT2D eigenvalue weighted by Crippen LogP contribution is 2.67. The van der Waals surface area contributed by atoms with Gasteiger partial charge in [0, 0.05) is 5.41 Å². The maximum absolute atomic E-state index is 15.2. The first-order valence-corrected chi connectivity index (χ1v) is 9.73. The van der Waals surface area contributed by atoms with Crippen LogP contribution in [-0.2, 0) is 0 Å². The first kappa shape index (κ1) is 16.8. The Hall–Kier alpha value is -0.670. The van der Waals surface area contributed by atoms with Gasteiger partial charge in [0.2, 0.25) is 0 Å². The number of rotatable bonds is 1.